The van der Waals surface area contributed by atoms with E-state index < -0.39 is 0 Å². The first-order valence-corrected chi connectivity index (χ1v) is 14.7. The minimum absolute atomic E-state index is 0.0469. The molecule has 0 aromatic carbocycles. The predicted molar refractivity (Wildman–Crippen MR) is 151 cm³/mol. The summed E-state index contributed by atoms with van der Waals surface area (Å²) in [5.74, 6) is -0.0469. The first-order valence-electron chi connectivity index (χ1n) is 14.7. The zero-order chi connectivity index (χ0) is 25.1. The lowest BCUT2D eigenvalue weighted by Gasteiger charge is -2.04. The maximum absolute atomic E-state index is 11.8. The molecule has 198 valence electrons. The molecule has 2 heteroatoms. The topological polar surface area (TPSA) is 26.3 Å². The molecular weight excluding hydrogens is 416 g/mol. The second-order valence-corrected chi connectivity index (χ2v) is 10.3. The molecule has 0 spiro atoms. The van der Waals surface area contributed by atoms with Gasteiger partial charge in [0.1, 0.15) is 6.61 Å². The standard InChI is InChI=1S/C32H58O2/c1-5-6-7-8-9-10-11-12-13-14-15-16-17-18-19-20-21-22-23-27-32(33)34-29-28-31(4)26-24-25-30(2)3/h12-13,25,28H,5-11,14-24,26-27,29H2,1-4H3/b13-12-,31-28+. The third-order valence-electron chi connectivity index (χ3n) is 6.41. The second kappa shape index (κ2) is 26.3. The molecular formula is C32H58O2. The van der Waals surface area contributed by atoms with Crippen molar-refractivity contribution in [3.8, 4) is 0 Å². The zero-order valence-corrected chi connectivity index (χ0v) is 23.5. The average molecular weight is 475 g/mol. The molecule has 0 saturated heterocycles. The lowest BCUT2D eigenvalue weighted by atomic mass is 10.1. The van der Waals surface area contributed by atoms with Crippen LogP contribution in [0.15, 0.2) is 35.5 Å². The highest BCUT2D eigenvalue weighted by Gasteiger charge is 2.02. The molecule has 0 aliphatic carbocycles. The first-order chi connectivity index (χ1) is 16.6. The van der Waals surface area contributed by atoms with Gasteiger partial charge >= 0.3 is 5.97 Å². The Balaban J connectivity index is 3.34. The van der Waals surface area contributed by atoms with Gasteiger partial charge in [-0.2, -0.15) is 0 Å². The van der Waals surface area contributed by atoms with Crippen LogP contribution in [0.5, 0.6) is 0 Å². The van der Waals surface area contributed by atoms with Crippen LogP contribution in [0, 0.1) is 0 Å². The van der Waals surface area contributed by atoms with Gasteiger partial charge in [0.15, 0.2) is 0 Å². The van der Waals surface area contributed by atoms with E-state index in [0.717, 1.165) is 25.7 Å². The van der Waals surface area contributed by atoms with Crippen molar-refractivity contribution in [2.75, 3.05) is 6.61 Å². The van der Waals surface area contributed by atoms with Crippen molar-refractivity contribution in [2.24, 2.45) is 0 Å². The highest BCUT2D eigenvalue weighted by molar-refractivity contribution is 5.69. The van der Waals surface area contributed by atoms with Crippen LogP contribution < -0.4 is 0 Å². The van der Waals surface area contributed by atoms with Crippen LogP contribution in [-0.2, 0) is 9.53 Å². The normalized spacial score (nSPS) is 11.8. The summed E-state index contributed by atoms with van der Waals surface area (Å²) in [6, 6.07) is 0. The van der Waals surface area contributed by atoms with Crippen molar-refractivity contribution in [1.29, 1.82) is 0 Å². The Morgan fingerprint density at radius 2 is 1.09 bits per heavy atom. The summed E-state index contributed by atoms with van der Waals surface area (Å²) in [4.78, 5) is 11.8. The minimum Gasteiger partial charge on any atom is -0.461 e. The van der Waals surface area contributed by atoms with E-state index in [1.54, 1.807) is 0 Å². The number of unbranched alkanes of at least 4 members (excludes halogenated alkanes) is 15. The number of ether oxygens (including phenoxy) is 1. The Morgan fingerprint density at radius 1 is 0.588 bits per heavy atom. The van der Waals surface area contributed by atoms with Gasteiger partial charge in [-0.15, -0.1) is 0 Å². The van der Waals surface area contributed by atoms with Gasteiger partial charge < -0.3 is 4.74 Å². The Morgan fingerprint density at radius 3 is 1.62 bits per heavy atom. The van der Waals surface area contributed by atoms with Crippen molar-refractivity contribution < 1.29 is 9.53 Å². The number of hydrogen-bond acceptors (Lipinski definition) is 2. The monoisotopic (exact) mass is 474 g/mol. The fraction of sp³-hybridized carbons (Fsp3) is 0.781. The Hall–Kier alpha value is -1.31. The van der Waals surface area contributed by atoms with Crippen LogP contribution in [0.2, 0.25) is 0 Å². The number of rotatable bonds is 24. The molecule has 0 unspecified atom stereocenters. The highest BCUT2D eigenvalue weighted by Crippen LogP contribution is 2.13. The number of esters is 1. The minimum atomic E-state index is -0.0469. The smallest absolute Gasteiger partial charge is 0.306 e. The SMILES string of the molecule is CCCCCCCC/C=C\CCCCCCCCCCCC(=O)OC/C=C(\C)CCC=C(C)C. The van der Waals surface area contributed by atoms with Gasteiger partial charge in [-0.3, -0.25) is 4.79 Å². The van der Waals surface area contributed by atoms with Crippen molar-refractivity contribution in [1.82, 2.24) is 0 Å². The van der Waals surface area contributed by atoms with Gasteiger partial charge in [0.05, 0.1) is 0 Å². The van der Waals surface area contributed by atoms with Crippen LogP contribution in [0.3, 0.4) is 0 Å². The van der Waals surface area contributed by atoms with Crippen LogP contribution in [0.4, 0.5) is 0 Å². The predicted octanol–water partition coefficient (Wildman–Crippen LogP) is 10.8. The van der Waals surface area contributed by atoms with E-state index in [1.807, 2.05) is 6.08 Å². The van der Waals surface area contributed by atoms with Crippen molar-refractivity contribution in [3.63, 3.8) is 0 Å². The maximum Gasteiger partial charge on any atom is 0.306 e. The van der Waals surface area contributed by atoms with Crippen LogP contribution in [0.25, 0.3) is 0 Å². The molecule has 0 rings (SSSR count). The summed E-state index contributed by atoms with van der Waals surface area (Å²) in [5.41, 5.74) is 2.65. The summed E-state index contributed by atoms with van der Waals surface area (Å²) in [6.45, 7) is 9.07. The quantitative estimate of drug-likeness (QED) is 0.0789. The summed E-state index contributed by atoms with van der Waals surface area (Å²) in [5, 5.41) is 0. The van der Waals surface area contributed by atoms with E-state index in [0.29, 0.717) is 13.0 Å². The van der Waals surface area contributed by atoms with E-state index in [-0.39, 0.29) is 5.97 Å². The van der Waals surface area contributed by atoms with Crippen LogP contribution in [0.1, 0.15) is 156 Å². The lowest BCUT2D eigenvalue weighted by Crippen LogP contribution is -2.04. The molecule has 0 fully saturated rings. The summed E-state index contributed by atoms with van der Waals surface area (Å²) in [7, 11) is 0. The third-order valence-corrected chi connectivity index (χ3v) is 6.41. The largest absolute Gasteiger partial charge is 0.461 e. The molecule has 0 aromatic rings. The number of allylic oxidation sites excluding steroid dienone is 5. The molecule has 0 heterocycles. The van der Waals surface area contributed by atoms with Crippen molar-refractivity contribution >= 4 is 5.97 Å². The molecule has 0 bridgehead atoms. The lowest BCUT2D eigenvalue weighted by molar-refractivity contribution is -0.142. The third kappa shape index (κ3) is 26.9. The Bertz CT molecular complexity index is 537. The molecule has 0 atom stereocenters. The summed E-state index contributed by atoms with van der Waals surface area (Å²) < 4.78 is 5.34. The van der Waals surface area contributed by atoms with E-state index in [1.165, 1.54) is 107 Å². The van der Waals surface area contributed by atoms with Crippen molar-refractivity contribution in [3.05, 3.63) is 35.5 Å². The molecule has 0 aliphatic heterocycles. The van der Waals surface area contributed by atoms with Crippen molar-refractivity contribution in [2.45, 2.75) is 156 Å². The van der Waals surface area contributed by atoms with Gasteiger partial charge in [0, 0.05) is 6.42 Å². The number of hydrogen-bond donors (Lipinski definition) is 0. The van der Waals surface area contributed by atoms with Crippen LogP contribution >= 0.6 is 0 Å². The summed E-state index contributed by atoms with van der Waals surface area (Å²) >= 11 is 0. The Kier molecular flexibility index (Phi) is 25.3. The molecule has 0 aromatic heterocycles. The first kappa shape index (κ1) is 32.7. The molecule has 0 aliphatic rings. The number of carbonyl (C=O) groups excluding carboxylic acids is 1. The maximum atomic E-state index is 11.8. The van der Waals surface area contributed by atoms with Gasteiger partial charge in [-0.25, -0.2) is 0 Å². The Labute approximate surface area is 213 Å². The second-order valence-electron chi connectivity index (χ2n) is 10.3. The number of carbonyl (C=O) groups is 1. The highest BCUT2D eigenvalue weighted by atomic mass is 16.5. The van der Waals surface area contributed by atoms with Gasteiger partial charge in [0.25, 0.3) is 0 Å². The van der Waals surface area contributed by atoms with E-state index in [2.05, 4.69) is 45.9 Å². The fourth-order valence-electron chi connectivity index (χ4n) is 4.09. The summed E-state index contributed by atoms with van der Waals surface area (Å²) in [6.07, 6.45) is 34.1. The average Bonchev–Trinajstić information content (AvgIpc) is 2.80. The van der Waals surface area contributed by atoms with Gasteiger partial charge in [0.2, 0.25) is 0 Å². The van der Waals surface area contributed by atoms with Crippen LogP contribution in [-0.4, -0.2) is 12.6 Å². The zero-order valence-electron chi connectivity index (χ0n) is 23.5. The fourth-order valence-corrected chi connectivity index (χ4v) is 4.09. The molecule has 0 N–H and O–H groups in total. The molecule has 2 nitrogen and oxygen atoms in total. The van der Waals surface area contributed by atoms with E-state index in [9.17, 15) is 4.79 Å². The molecule has 0 saturated carbocycles. The van der Waals surface area contributed by atoms with E-state index >= 15 is 0 Å². The van der Waals surface area contributed by atoms with E-state index in [4.69, 9.17) is 4.74 Å². The van der Waals surface area contributed by atoms with Gasteiger partial charge in [-0.05, 0) is 71.8 Å². The molecule has 0 radical (unpaired) electrons. The molecule has 34 heavy (non-hydrogen) atoms. The van der Waals surface area contributed by atoms with Gasteiger partial charge in [-0.1, -0.05) is 113 Å². The molecule has 0 amide bonds.